The van der Waals surface area contributed by atoms with E-state index in [0.717, 1.165) is 5.56 Å². The Bertz CT molecular complexity index is 502. The van der Waals surface area contributed by atoms with Gasteiger partial charge in [-0.15, -0.1) is 11.6 Å². The molecule has 0 unspecified atom stereocenters. The second-order valence-corrected chi connectivity index (χ2v) is 5.60. The SMILES string of the molecule is O=S(=O)(NOCC(F)(F)F)c1ccc(CCCl)cc1. The fourth-order valence-corrected chi connectivity index (χ4v) is 2.20. The van der Waals surface area contributed by atoms with Gasteiger partial charge in [-0.3, -0.25) is 4.84 Å². The molecule has 0 aromatic heterocycles. The lowest BCUT2D eigenvalue weighted by atomic mass is 10.2. The molecule has 0 bridgehead atoms. The molecule has 4 nitrogen and oxygen atoms in total. The molecule has 9 heteroatoms. The molecule has 0 amide bonds. The van der Waals surface area contributed by atoms with E-state index in [0.29, 0.717) is 12.3 Å². The van der Waals surface area contributed by atoms with Crippen LogP contribution in [0.5, 0.6) is 0 Å². The molecular formula is C10H11ClF3NO3S. The van der Waals surface area contributed by atoms with Crippen molar-refractivity contribution in [1.82, 2.24) is 4.89 Å². The highest BCUT2D eigenvalue weighted by Crippen LogP contribution is 2.15. The summed E-state index contributed by atoms with van der Waals surface area (Å²) in [7, 11) is -4.12. The van der Waals surface area contributed by atoms with Crippen molar-refractivity contribution in [2.45, 2.75) is 17.5 Å². The van der Waals surface area contributed by atoms with Crippen molar-refractivity contribution in [3.05, 3.63) is 29.8 Å². The lowest BCUT2D eigenvalue weighted by Gasteiger charge is -2.09. The number of benzene rings is 1. The summed E-state index contributed by atoms with van der Waals surface area (Å²) < 4.78 is 58.5. The largest absolute Gasteiger partial charge is 0.413 e. The first-order valence-electron chi connectivity index (χ1n) is 5.10. The van der Waals surface area contributed by atoms with Gasteiger partial charge in [-0.25, -0.2) is 8.42 Å². The van der Waals surface area contributed by atoms with Gasteiger partial charge in [0.1, 0.15) is 0 Å². The van der Waals surface area contributed by atoms with Crippen molar-refractivity contribution in [1.29, 1.82) is 0 Å². The van der Waals surface area contributed by atoms with Gasteiger partial charge in [-0.05, 0) is 24.1 Å². The Hall–Kier alpha value is -0.830. The van der Waals surface area contributed by atoms with Crippen LogP contribution in [0.4, 0.5) is 13.2 Å². The highest BCUT2D eigenvalue weighted by molar-refractivity contribution is 7.89. The van der Waals surface area contributed by atoms with Crippen molar-refractivity contribution >= 4 is 21.6 Å². The summed E-state index contributed by atoms with van der Waals surface area (Å²) in [5.41, 5.74) is 0.824. The molecule has 0 aliphatic heterocycles. The van der Waals surface area contributed by atoms with Gasteiger partial charge in [-0.1, -0.05) is 17.0 Å². The number of halogens is 4. The molecule has 0 aliphatic rings. The number of sulfonamides is 1. The van der Waals surface area contributed by atoms with Crippen molar-refractivity contribution in [2.75, 3.05) is 12.5 Å². The van der Waals surface area contributed by atoms with Crippen LogP contribution in [0.25, 0.3) is 0 Å². The number of nitrogens with one attached hydrogen (secondary N) is 1. The van der Waals surface area contributed by atoms with E-state index in [9.17, 15) is 21.6 Å². The minimum absolute atomic E-state index is 0.187. The smallest absolute Gasteiger partial charge is 0.277 e. The van der Waals surface area contributed by atoms with Crippen LogP contribution in [0.15, 0.2) is 29.2 Å². The van der Waals surface area contributed by atoms with E-state index in [-0.39, 0.29) is 4.90 Å². The third kappa shape index (κ3) is 5.77. The summed E-state index contributed by atoms with van der Waals surface area (Å²) in [6.45, 7) is -1.70. The number of alkyl halides is 4. The Morgan fingerprint density at radius 2 is 1.79 bits per heavy atom. The molecule has 0 spiro atoms. The van der Waals surface area contributed by atoms with E-state index in [2.05, 4.69) is 4.84 Å². The predicted molar refractivity (Wildman–Crippen MR) is 63.2 cm³/mol. The number of aryl methyl sites for hydroxylation is 1. The molecule has 0 atom stereocenters. The highest BCUT2D eigenvalue weighted by Gasteiger charge is 2.29. The molecule has 1 aromatic carbocycles. The van der Waals surface area contributed by atoms with Gasteiger partial charge in [-0.2, -0.15) is 13.2 Å². The maximum Gasteiger partial charge on any atom is 0.413 e. The second kappa shape index (κ2) is 6.56. The molecule has 0 heterocycles. The molecule has 0 fully saturated rings. The van der Waals surface area contributed by atoms with Gasteiger partial charge in [0.15, 0.2) is 6.61 Å². The number of rotatable bonds is 6. The van der Waals surface area contributed by atoms with Crippen LogP contribution in [0.3, 0.4) is 0 Å². The lowest BCUT2D eigenvalue weighted by molar-refractivity contribution is -0.181. The quantitative estimate of drug-likeness (QED) is 0.646. The van der Waals surface area contributed by atoms with Crippen LogP contribution in [0.2, 0.25) is 0 Å². The summed E-state index contributed by atoms with van der Waals surface area (Å²) in [5.74, 6) is 0.388. The summed E-state index contributed by atoms with van der Waals surface area (Å²) >= 11 is 5.52. The standard InChI is InChI=1S/C10H11ClF3NO3S/c11-6-5-8-1-3-9(4-2-8)19(16,17)15-18-7-10(12,13)14/h1-4,15H,5-7H2. The molecule has 108 valence electrons. The first kappa shape index (κ1) is 16.2. The third-order valence-corrected chi connectivity index (χ3v) is 3.44. The monoisotopic (exact) mass is 317 g/mol. The fourth-order valence-electron chi connectivity index (χ4n) is 1.18. The van der Waals surface area contributed by atoms with E-state index in [1.165, 1.54) is 29.2 Å². The average Bonchev–Trinajstić information content (AvgIpc) is 2.28. The maximum atomic E-state index is 11.8. The van der Waals surface area contributed by atoms with Crippen molar-refractivity contribution < 1.29 is 26.4 Å². The first-order chi connectivity index (χ1) is 8.74. The normalized spacial score (nSPS) is 12.6. The molecule has 0 saturated heterocycles. The minimum Gasteiger partial charge on any atom is -0.277 e. The lowest BCUT2D eigenvalue weighted by Crippen LogP contribution is -2.29. The zero-order valence-corrected chi connectivity index (χ0v) is 11.1. The highest BCUT2D eigenvalue weighted by atomic mass is 35.5. The zero-order chi connectivity index (χ0) is 14.5. The number of hydrogen-bond acceptors (Lipinski definition) is 3. The van der Waals surface area contributed by atoms with Gasteiger partial charge in [0.25, 0.3) is 10.0 Å². The topological polar surface area (TPSA) is 55.4 Å². The van der Waals surface area contributed by atoms with Crippen LogP contribution >= 0.6 is 11.6 Å². The zero-order valence-electron chi connectivity index (χ0n) is 9.58. The molecule has 19 heavy (non-hydrogen) atoms. The second-order valence-electron chi connectivity index (χ2n) is 3.57. The Morgan fingerprint density at radius 3 is 2.26 bits per heavy atom. The van der Waals surface area contributed by atoms with E-state index in [4.69, 9.17) is 11.6 Å². The number of hydrogen-bond donors (Lipinski definition) is 1. The Balaban J connectivity index is 2.67. The van der Waals surface area contributed by atoms with Gasteiger partial charge in [0.05, 0.1) is 4.90 Å². The van der Waals surface area contributed by atoms with Gasteiger partial charge in [0.2, 0.25) is 0 Å². The van der Waals surface area contributed by atoms with Crippen LogP contribution < -0.4 is 4.89 Å². The molecule has 0 aliphatic carbocycles. The summed E-state index contributed by atoms with van der Waals surface area (Å²) in [4.78, 5) is 5.13. The average molecular weight is 318 g/mol. The predicted octanol–water partition coefficient (Wildman–Crippen LogP) is 2.24. The van der Waals surface area contributed by atoms with Crippen LogP contribution in [-0.4, -0.2) is 27.1 Å². The minimum atomic E-state index is -4.60. The summed E-state index contributed by atoms with van der Waals surface area (Å²) in [6, 6.07) is 5.59. The van der Waals surface area contributed by atoms with Crippen molar-refractivity contribution in [2.24, 2.45) is 0 Å². The van der Waals surface area contributed by atoms with Crippen molar-refractivity contribution in [3.63, 3.8) is 0 Å². The van der Waals surface area contributed by atoms with E-state index >= 15 is 0 Å². The molecule has 0 radical (unpaired) electrons. The van der Waals surface area contributed by atoms with E-state index < -0.39 is 22.8 Å². The van der Waals surface area contributed by atoms with E-state index in [1.54, 1.807) is 0 Å². The first-order valence-corrected chi connectivity index (χ1v) is 7.11. The Labute approximate surface area is 113 Å². The molecule has 1 aromatic rings. The van der Waals surface area contributed by atoms with Gasteiger partial charge < -0.3 is 0 Å². The summed E-state index contributed by atoms with van der Waals surface area (Å²) in [6.07, 6.45) is -4.04. The third-order valence-electron chi connectivity index (χ3n) is 2.02. The molecule has 0 saturated carbocycles. The van der Waals surface area contributed by atoms with Crippen LogP contribution in [-0.2, 0) is 21.3 Å². The molecular weight excluding hydrogens is 307 g/mol. The Kier molecular flexibility index (Phi) is 5.60. The maximum absolute atomic E-state index is 11.8. The fraction of sp³-hybridized carbons (Fsp3) is 0.400. The molecule has 1 N–H and O–H groups in total. The van der Waals surface area contributed by atoms with Crippen LogP contribution in [0, 0.1) is 0 Å². The van der Waals surface area contributed by atoms with Gasteiger partial charge in [0, 0.05) is 5.88 Å². The Morgan fingerprint density at radius 1 is 1.21 bits per heavy atom. The van der Waals surface area contributed by atoms with E-state index in [1.807, 2.05) is 0 Å². The van der Waals surface area contributed by atoms with Crippen LogP contribution in [0.1, 0.15) is 5.56 Å². The van der Waals surface area contributed by atoms with Crippen molar-refractivity contribution in [3.8, 4) is 0 Å². The van der Waals surface area contributed by atoms with Gasteiger partial charge >= 0.3 is 6.18 Å². The summed E-state index contributed by atoms with van der Waals surface area (Å²) in [5, 5.41) is 0. The molecule has 1 rings (SSSR count).